The maximum absolute atomic E-state index is 13.9. The molecule has 13 heteroatoms. The third kappa shape index (κ3) is 5.23. The Morgan fingerprint density at radius 2 is 1.52 bits per heavy atom. The largest absolute Gasteiger partial charge is 0.404 e. The van der Waals surface area contributed by atoms with Crippen LogP contribution in [-0.2, 0) is 10.0 Å². The Labute approximate surface area is 159 Å². The molecule has 0 saturated carbocycles. The number of carbonyl (C=O) groups excluding carboxylic acids is 1. The summed E-state index contributed by atoms with van der Waals surface area (Å²) in [5, 5.41) is 1.93. The molecule has 0 aliphatic rings. The van der Waals surface area contributed by atoms with E-state index in [9.17, 15) is 43.9 Å². The molecule has 1 atom stereocenters. The van der Waals surface area contributed by atoms with Crippen molar-refractivity contribution in [2.24, 2.45) is 0 Å². The minimum Gasteiger partial charge on any atom is -0.322 e. The van der Waals surface area contributed by atoms with E-state index in [2.05, 4.69) is 0 Å². The molecule has 158 valence electrons. The number of alkyl halides is 3. The molecule has 2 aromatic carbocycles. The van der Waals surface area contributed by atoms with E-state index in [1.54, 1.807) is 0 Å². The fraction of sp³-hybridized carbons (Fsp3) is 0.188. The minimum atomic E-state index is -5.02. The lowest BCUT2D eigenvalue weighted by Gasteiger charge is -2.17. The van der Waals surface area contributed by atoms with Gasteiger partial charge in [0.25, 0.3) is 5.91 Å². The predicted octanol–water partition coefficient (Wildman–Crippen LogP) is 3.72. The summed E-state index contributed by atoms with van der Waals surface area (Å²) in [5.41, 5.74) is -1.10. The summed E-state index contributed by atoms with van der Waals surface area (Å²) < 4.78 is 116. The lowest BCUT2D eigenvalue weighted by Crippen LogP contribution is -2.43. The second kappa shape index (κ2) is 7.99. The summed E-state index contributed by atoms with van der Waals surface area (Å²) in [6.07, 6.45) is -4.95. The third-order valence-electron chi connectivity index (χ3n) is 3.55. The second-order valence-corrected chi connectivity index (χ2v) is 7.42. The van der Waals surface area contributed by atoms with Crippen molar-refractivity contribution in [2.75, 3.05) is 5.32 Å². The van der Waals surface area contributed by atoms with Crippen LogP contribution in [0.15, 0.2) is 35.2 Å². The molecule has 2 N–H and O–H groups in total. The summed E-state index contributed by atoms with van der Waals surface area (Å²) in [5.74, 6) is -7.65. The Kier molecular flexibility index (Phi) is 6.23. The van der Waals surface area contributed by atoms with Crippen molar-refractivity contribution in [1.82, 2.24) is 4.72 Å². The third-order valence-corrected chi connectivity index (χ3v) is 5.10. The van der Waals surface area contributed by atoms with Gasteiger partial charge in [0, 0.05) is 23.4 Å². The summed E-state index contributed by atoms with van der Waals surface area (Å²) in [7, 11) is -5.02. The maximum Gasteiger partial charge on any atom is 0.404 e. The molecule has 0 aromatic heterocycles. The van der Waals surface area contributed by atoms with Gasteiger partial charge in [0.2, 0.25) is 10.0 Å². The summed E-state index contributed by atoms with van der Waals surface area (Å²) in [6.45, 7) is 0.490. The summed E-state index contributed by atoms with van der Waals surface area (Å²) in [4.78, 5) is 10.9. The molecular formula is C16H11F7N2O3S. The zero-order valence-corrected chi connectivity index (χ0v) is 15.1. The quantitative estimate of drug-likeness (QED) is 0.545. The molecule has 29 heavy (non-hydrogen) atoms. The van der Waals surface area contributed by atoms with E-state index >= 15 is 0 Å². The molecule has 5 nitrogen and oxygen atoms in total. The van der Waals surface area contributed by atoms with E-state index in [0.717, 1.165) is 6.07 Å². The minimum absolute atomic E-state index is 0.435. The van der Waals surface area contributed by atoms with Crippen LogP contribution in [0, 0.1) is 23.3 Å². The molecule has 0 bridgehead atoms. The van der Waals surface area contributed by atoms with Crippen molar-refractivity contribution in [3.8, 4) is 0 Å². The maximum atomic E-state index is 13.9. The van der Waals surface area contributed by atoms with Crippen LogP contribution >= 0.6 is 0 Å². The van der Waals surface area contributed by atoms with Gasteiger partial charge in [-0.25, -0.2) is 26.0 Å². The van der Waals surface area contributed by atoms with Crippen molar-refractivity contribution in [1.29, 1.82) is 0 Å². The van der Waals surface area contributed by atoms with Crippen LogP contribution in [0.25, 0.3) is 0 Å². The van der Waals surface area contributed by atoms with Crippen molar-refractivity contribution in [3.05, 3.63) is 59.2 Å². The van der Waals surface area contributed by atoms with Gasteiger partial charge in [0.15, 0.2) is 17.5 Å². The number of hydrogen-bond donors (Lipinski definition) is 2. The normalized spacial score (nSPS) is 13.2. The number of hydrogen-bond acceptors (Lipinski definition) is 3. The molecule has 0 aliphatic heterocycles. The Hall–Kier alpha value is -2.67. The van der Waals surface area contributed by atoms with Gasteiger partial charge in [-0.15, -0.1) is 0 Å². The molecule has 0 spiro atoms. The SMILES string of the molecule is C[C@H](NS(=O)(=O)c1cc(C(=O)Nc2cc(F)c(F)c(F)c2)ccc1F)C(F)(F)F. The number of sulfonamides is 1. The Morgan fingerprint density at radius 1 is 0.966 bits per heavy atom. The first kappa shape index (κ1) is 22.6. The van der Waals surface area contributed by atoms with Crippen molar-refractivity contribution < 1.29 is 43.9 Å². The van der Waals surface area contributed by atoms with Crippen molar-refractivity contribution in [3.63, 3.8) is 0 Å². The average Bonchev–Trinajstić information content (AvgIpc) is 2.58. The fourth-order valence-corrected chi connectivity index (χ4v) is 3.38. The molecule has 0 fully saturated rings. The molecule has 0 aliphatic carbocycles. The highest BCUT2D eigenvalue weighted by Crippen LogP contribution is 2.24. The number of benzene rings is 2. The van der Waals surface area contributed by atoms with Gasteiger partial charge in [-0.1, -0.05) is 0 Å². The van der Waals surface area contributed by atoms with Gasteiger partial charge in [0.1, 0.15) is 16.8 Å². The highest BCUT2D eigenvalue weighted by molar-refractivity contribution is 7.89. The highest BCUT2D eigenvalue weighted by Gasteiger charge is 2.39. The molecule has 0 heterocycles. The monoisotopic (exact) mass is 444 g/mol. The van der Waals surface area contributed by atoms with Crippen LogP contribution < -0.4 is 10.0 Å². The van der Waals surface area contributed by atoms with Crippen LogP contribution in [0.2, 0.25) is 0 Å². The van der Waals surface area contributed by atoms with Crippen LogP contribution in [0.1, 0.15) is 17.3 Å². The Bertz CT molecular complexity index is 1030. The van der Waals surface area contributed by atoms with Gasteiger partial charge < -0.3 is 5.32 Å². The van der Waals surface area contributed by atoms with Gasteiger partial charge in [0.05, 0.1) is 0 Å². The van der Waals surface area contributed by atoms with Crippen LogP contribution in [0.5, 0.6) is 0 Å². The molecule has 2 rings (SSSR count). The lowest BCUT2D eigenvalue weighted by atomic mass is 10.2. The zero-order chi connectivity index (χ0) is 22.1. The topological polar surface area (TPSA) is 75.3 Å². The lowest BCUT2D eigenvalue weighted by molar-refractivity contribution is -0.147. The second-order valence-electron chi connectivity index (χ2n) is 5.74. The van der Waals surface area contributed by atoms with Gasteiger partial charge in [-0.05, 0) is 25.1 Å². The number of anilines is 1. The molecule has 0 saturated heterocycles. The molecule has 0 unspecified atom stereocenters. The van der Waals surface area contributed by atoms with E-state index in [-0.39, 0.29) is 0 Å². The first-order chi connectivity index (χ1) is 13.2. The summed E-state index contributed by atoms with van der Waals surface area (Å²) >= 11 is 0. The van der Waals surface area contributed by atoms with Gasteiger partial charge >= 0.3 is 6.18 Å². The Morgan fingerprint density at radius 3 is 2.03 bits per heavy atom. The molecular weight excluding hydrogens is 433 g/mol. The van der Waals surface area contributed by atoms with Crippen LogP contribution in [-0.4, -0.2) is 26.5 Å². The number of nitrogens with one attached hydrogen (secondary N) is 2. The van der Waals surface area contributed by atoms with E-state index in [4.69, 9.17) is 0 Å². The van der Waals surface area contributed by atoms with Crippen molar-refractivity contribution >= 4 is 21.6 Å². The van der Waals surface area contributed by atoms with E-state index in [1.165, 1.54) is 4.72 Å². The van der Waals surface area contributed by atoms with E-state index in [0.29, 0.717) is 31.2 Å². The number of carbonyl (C=O) groups is 1. The molecule has 2 aromatic rings. The number of amides is 1. The van der Waals surface area contributed by atoms with Crippen LogP contribution in [0.3, 0.4) is 0 Å². The summed E-state index contributed by atoms with van der Waals surface area (Å²) in [6, 6.07) is 0.0516. The van der Waals surface area contributed by atoms with E-state index < -0.39 is 67.6 Å². The fourth-order valence-electron chi connectivity index (χ4n) is 2.04. The van der Waals surface area contributed by atoms with Crippen LogP contribution in [0.4, 0.5) is 36.4 Å². The molecule has 1 amide bonds. The first-order valence-electron chi connectivity index (χ1n) is 7.57. The zero-order valence-electron chi connectivity index (χ0n) is 14.2. The first-order valence-corrected chi connectivity index (χ1v) is 9.05. The smallest absolute Gasteiger partial charge is 0.322 e. The standard InChI is InChI=1S/C16H11F7N2O3S/c1-7(16(21,22)23)25-29(27,28)13-4-8(2-3-10(13)17)15(26)24-9-5-11(18)14(20)12(19)6-9/h2-7,25H,1H3,(H,24,26)/t7-/m0/s1. The average molecular weight is 444 g/mol. The van der Waals surface area contributed by atoms with Crippen molar-refractivity contribution in [2.45, 2.75) is 24.0 Å². The van der Waals surface area contributed by atoms with Gasteiger partial charge in [-0.2, -0.15) is 17.9 Å². The Balaban J connectivity index is 2.34. The number of rotatable bonds is 5. The predicted molar refractivity (Wildman–Crippen MR) is 86.5 cm³/mol. The number of halogens is 7. The van der Waals surface area contributed by atoms with Gasteiger partial charge in [-0.3, -0.25) is 4.79 Å². The highest BCUT2D eigenvalue weighted by atomic mass is 32.2. The molecule has 0 radical (unpaired) electrons. The van der Waals surface area contributed by atoms with E-state index in [1.807, 2.05) is 5.32 Å².